The largest absolute Gasteiger partial charge is 0.366 e. The van der Waals surface area contributed by atoms with E-state index in [0.29, 0.717) is 0 Å². The lowest BCUT2D eigenvalue weighted by atomic mass is 9.75. The van der Waals surface area contributed by atoms with Crippen LogP contribution in [0, 0.1) is 0 Å². The number of piperidine rings is 1. The Morgan fingerprint density at radius 2 is 1.90 bits per heavy atom. The van der Waals surface area contributed by atoms with Gasteiger partial charge in [0, 0.05) is 27.7 Å². The number of hydrogen-bond acceptors (Lipinski definition) is 2. The summed E-state index contributed by atoms with van der Waals surface area (Å²) in [6, 6.07) is 4.22. The van der Waals surface area contributed by atoms with Gasteiger partial charge in [0.05, 0.1) is 5.02 Å². The minimum absolute atomic E-state index is 0.135. The molecule has 4 heteroatoms. The zero-order chi connectivity index (χ0) is 14.5. The van der Waals surface area contributed by atoms with Gasteiger partial charge in [-0.1, -0.05) is 11.6 Å². The molecule has 2 nitrogen and oxygen atoms in total. The molecule has 0 radical (unpaired) electrons. The monoisotopic (exact) mass is 356 g/mol. The van der Waals surface area contributed by atoms with Gasteiger partial charge in [0.15, 0.2) is 0 Å². The summed E-state index contributed by atoms with van der Waals surface area (Å²) in [5.41, 5.74) is 3.17. The Labute approximate surface area is 135 Å². The quantitative estimate of drug-likeness (QED) is 0.743. The molecule has 2 aliphatic rings. The standard InChI is InChI=1S/C16H22BrClN2/c1-15(2,3)20-10-16(6-8-19-9-7-16)13-12(20)5-4-11(18)14(13)17/h4-5,19H,6-10H2,1-3H3. The van der Waals surface area contributed by atoms with Gasteiger partial charge in [0.1, 0.15) is 0 Å². The van der Waals surface area contributed by atoms with Crippen molar-refractivity contribution in [2.45, 2.75) is 44.6 Å². The average Bonchev–Trinajstić information content (AvgIpc) is 2.70. The van der Waals surface area contributed by atoms with Gasteiger partial charge in [-0.3, -0.25) is 0 Å². The summed E-state index contributed by atoms with van der Waals surface area (Å²) in [6.07, 6.45) is 2.37. The summed E-state index contributed by atoms with van der Waals surface area (Å²) >= 11 is 10.1. The molecule has 1 N–H and O–H groups in total. The Balaban J connectivity index is 2.17. The van der Waals surface area contributed by atoms with E-state index in [1.165, 1.54) is 24.1 Å². The molecule has 20 heavy (non-hydrogen) atoms. The Morgan fingerprint density at radius 1 is 1.25 bits per heavy atom. The number of rotatable bonds is 0. The number of anilines is 1. The van der Waals surface area contributed by atoms with Gasteiger partial charge in [-0.25, -0.2) is 0 Å². The van der Waals surface area contributed by atoms with Crippen molar-refractivity contribution in [3.8, 4) is 0 Å². The normalized spacial score (nSPS) is 21.4. The Bertz CT molecular complexity index is 530. The van der Waals surface area contributed by atoms with Crippen LogP contribution >= 0.6 is 27.5 Å². The summed E-state index contributed by atoms with van der Waals surface area (Å²) in [7, 11) is 0. The predicted octanol–water partition coefficient (Wildman–Crippen LogP) is 4.34. The van der Waals surface area contributed by atoms with E-state index < -0.39 is 0 Å². The lowest BCUT2D eigenvalue weighted by Crippen LogP contribution is -2.47. The molecule has 0 saturated carbocycles. The number of benzene rings is 1. The second-order valence-corrected chi connectivity index (χ2v) is 8.24. The van der Waals surface area contributed by atoms with Crippen LogP contribution in [0.3, 0.4) is 0 Å². The Morgan fingerprint density at radius 3 is 2.50 bits per heavy atom. The number of nitrogens with zero attached hydrogens (tertiary/aromatic N) is 1. The molecule has 0 amide bonds. The molecule has 2 heterocycles. The fourth-order valence-corrected chi connectivity index (χ4v) is 4.56. The average molecular weight is 358 g/mol. The topological polar surface area (TPSA) is 15.3 Å². The molecular weight excluding hydrogens is 336 g/mol. The zero-order valence-corrected chi connectivity index (χ0v) is 14.7. The van der Waals surface area contributed by atoms with E-state index in [9.17, 15) is 0 Å². The second kappa shape index (κ2) is 4.89. The van der Waals surface area contributed by atoms with Crippen molar-refractivity contribution < 1.29 is 0 Å². The molecule has 1 fully saturated rings. The summed E-state index contributed by atoms with van der Waals surface area (Å²) in [4.78, 5) is 2.55. The van der Waals surface area contributed by atoms with Crippen LogP contribution in [0.2, 0.25) is 5.02 Å². The van der Waals surface area contributed by atoms with Crippen LogP contribution in [0.1, 0.15) is 39.2 Å². The highest BCUT2D eigenvalue weighted by atomic mass is 79.9. The van der Waals surface area contributed by atoms with Crippen molar-refractivity contribution in [1.29, 1.82) is 0 Å². The number of halogens is 2. The molecule has 1 aromatic rings. The first-order chi connectivity index (χ1) is 9.35. The Kier molecular flexibility index (Phi) is 3.59. The molecule has 0 bridgehead atoms. The molecular formula is C16H22BrClN2. The van der Waals surface area contributed by atoms with E-state index in [2.05, 4.69) is 53.0 Å². The van der Waals surface area contributed by atoms with Crippen LogP contribution in [0.15, 0.2) is 16.6 Å². The van der Waals surface area contributed by atoms with Crippen LogP contribution < -0.4 is 10.2 Å². The minimum atomic E-state index is 0.135. The highest BCUT2D eigenvalue weighted by molar-refractivity contribution is 9.10. The molecule has 0 aromatic heterocycles. The molecule has 110 valence electrons. The van der Waals surface area contributed by atoms with Crippen LogP contribution in [0.25, 0.3) is 0 Å². The highest BCUT2D eigenvalue weighted by Crippen LogP contribution is 2.52. The van der Waals surface area contributed by atoms with E-state index in [-0.39, 0.29) is 11.0 Å². The van der Waals surface area contributed by atoms with E-state index in [1.54, 1.807) is 0 Å². The maximum Gasteiger partial charge on any atom is 0.0552 e. The molecule has 0 atom stereocenters. The summed E-state index contributed by atoms with van der Waals surface area (Å²) in [6.45, 7) is 10.2. The first kappa shape index (κ1) is 14.7. The van der Waals surface area contributed by atoms with Gasteiger partial charge < -0.3 is 10.2 Å². The van der Waals surface area contributed by atoms with E-state index in [1.807, 2.05) is 6.07 Å². The van der Waals surface area contributed by atoms with E-state index in [0.717, 1.165) is 29.1 Å². The lowest BCUT2D eigenvalue weighted by Gasteiger charge is -2.39. The fourth-order valence-electron chi connectivity index (χ4n) is 3.65. The fraction of sp³-hybridized carbons (Fsp3) is 0.625. The molecule has 0 unspecified atom stereocenters. The smallest absolute Gasteiger partial charge is 0.0552 e. The van der Waals surface area contributed by atoms with Gasteiger partial charge >= 0.3 is 0 Å². The third kappa shape index (κ3) is 2.18. The number of fused-ring (bicyclic) bond motifs is 2. The van der Waals surface area contributed by atoms with Crippen LogP contribution in [0.4, 0.5) is 5.69 Å². The van der Waals surface area contributed by atoms with Gasteiger partial charge in [-0.2, -0.15) is 0 Å². The van der Waals surface area contributed by atoms with E-state index in [4.69, 9.17) is 11.6 Å². The van der Waals surface area contributed by atoms with Crippen molar-refractivity contribution in [3.05, 3.63) is 27.2 Å². The predicted molar refractivity (Wildman–Crippen MR) is 90.0 cm³/mol. The minimum Gasteiger partial charge on any atom is -0.366 e. The van der Waals surface area contributed by atoms with E-state index >= 15 is 0 Å². The van der Waals surface area contributed by atoms with Gasteiger partial charge in [-0.05, 0) is 80.3 Å². The summed E-state index contributed by atoms with van der Waals surface area (Å²) in [5, 5.41) is 4.32. The first-order valence-corrected chi connectivity index (χ1v) is 8.49. The lowest BCUT2D eigenvalue weighted by molar-refractivity contribution is 0.311. The molecule has 2 aliphatic heterocycles. The highest BCUT2D eigenvalue weighted by Gasteiger charge is 2.47. The maximum absolute atomic E-state index is 6.38. The number of nitrogens with one attached hydrogen (secondary N) is 1. The molecule has 1 aromatic carbocycles. The van der Waals surface area contributed by atoms with Gasteiger partial charge in [-0.15, -0.1) is 0 Å². The van der Waals surface area contributed by atoms with Crippen molar-refractivity contribution in [2.75, 3.05) is 24.5 Å². The van der Waals surface area contributed by atoms with Gasteiger partial charge in [0.25, 0.3) is 0 Å². The molecule has 0 aliphatic carbocycles. The molecule has 1 saturated heterocycles. The molecule has 1 spiro atoms. The summed E-state index contributed by atoms with van der Waals surface area (Å²) < 4.78 is 1.10. The SMILES string of the molecule is CC(C)(C)N1CC2(CCNCC2)c2c1ccc(Cl)c2Br. The van der Waals surface area contributed by atoms with Crippen molar-refractivity contribution in [2.24, 2.45) is 0 Å². The van der Waals surface area contributed by atoms with Crippen LogP contribution in [0.5, 0.6) is 0 Å². The van der Waals surface area contributed by atoms with Crippen molar-refractivity contribution >= 4 is 33.2 Å². The first-order valence-electron chi connectivity index (χ1n) is 7.32. The van der Waals surface area contributed by atoms with Gasteiger partial charge in [0.2, 0.25) is 0 Å². The zero-order valence-electron chi connectivity index (χ0n) is 12.4. The van der Waals surface area contributed by atoms with Crippen molar-refractivity contribution in [3.63, 3.8) is 0 Å². The third-order valence-corrected chi connectivity index (χ3v) is 6.09. The molecule has 3 rings (SSSR count). The second-order valence-electron chi connectivity index (χ2n) is 7.04. The maximum atomic E-state index is 6.38. The summed E-state index contributed by atoms with van der Waals surface area (Å²) in [5.74, 6) is 0. The number of hydrogen-bond donors (Lipinski definition) is 1. The van der Waals surface area contributed by atoms with Crippen molar-refractivity contribution in [1.82, 2.24) is 5.32 Å². The third-order valence-electron chi connectivity index (χ3n) is 4.73. The Hall–Kier alpha value is -0.250. The van der Waals surface area contributed by atoms with Crippen LogP contribution in [-0.2, 0) is 5.41 Å². The van der Waals surface area contributed by atoms with Crippen LogP contribution in [-0.4, -0.2) is 25.2 Å².